The molecule has 0 radical (unpaired) electrons. The van der Waals surface area contributed by atoms with Crippen molar-refractivity contribution in [3.63, 3.8) is 0 Å². The van der Waals surface area contributed by atoms with E-state index in [1.165, 1.54) is 11.0 Å². The molecule has 1 amide bonds. The van der Waals surface area contributed by atoms with Crippen molar-refractivity contribution >= 4 is 11.6 Å². The average molecular weight is 328 g/mol. The highest BCUT2D eigenvalue weighted by atomic mass is 19.1. The minimum atomic E-state index is -0.845. The number of aromatic nitrogens is 1. The van der Waals surface area contributed by atoms with Gasteiger partial charge in [0.25, 0.3) is 0 Å². The van der Waals surface area contributed by atoms with Crippen LogP contribution in [0.1, 0.15) is 29.5 Å². The van der Waals surface area contributed by atoms with Crippen LogP contribution in [-0.4, -0.2) is 24.1 Å². The fourth-order valence-electron chi connectivity index (χ4n) is 3.75. The molecule has 1 aromatic carbocycles. The number of carbonyl (C=O) groups is 1. The predicted molar refractivity (Wildman–Crippen MR) is 88.3 cm³/mol. The van der Waals surface area contributed by atoms with E-state index in [-0.39, 0.29) is 11.7 Å². The van der Waals surface area contributed by atoms with Crippen molar-refractivity contribution in [1.29, 1.82) is 0 Å². The molecule has 2 heterocycles. The Morgan fingerprint density at radius 2 is 1.96 bits per heavy atom. The molecule has 1 aliphatic carbocycles. The summed E-state index contributed by atoms with van der Waals surface area (Å²) in [5.74, 6) is -0.365. The summed E-state index contributed by atoms with van der Waals surface area (Å²) in [5, 5.41) is 0. The van der Waals surface area contributed by atoms with Gasteiger partial charge in [-0.15, -0.1) is 0 Å². The number of hydrogen-bond donors (Lipinski definition) is 0. The molecule has 0 N–H and O–H groups in total. The summed E-state index contributed by atoms with van der Waals surface area (Å²) in [5.41, 5.74) is 4.71. The number of benzene rings is 1. The van der Waals surface area contributed by atoms with Gasteiger partial charge in [0.05, 0.1) is 0 Å². The summed E-state index contributed by atoms with van der Waals surface area (Å²) in [6.45, 7) is 0. The molecule has 0 unspecified atom stereocenters. The van der Waals surface area contributed by atoms with Crippen LogP contribution in [0, 0.1) is 5.82 Å². The van der Waals surface area contributed by atoms with E-state index in [4.69, 9.17) is 0 Å². The summed E-state index contributed by atoms with van der Waals surface area (Å²) < 4.78 is 28.4. The zero-order valence-corrected chi connectivity index (χ0v) is 13.5. The van der Waals surface area contributed by atoms with E-state index in [0.29, 0.717) is 43.4 Å². The molecule has 124 valence electrons. The van der Waals surface area contributed by atoms with E-state index in [9.17, 15) is 13.6 Å². The smallest absolute Gasteiger partial charge is 0.227 e. The molecule has 4 rings (SSSR count). The van der Waals surface area contributed by atoms with Crippen molar-refractivity contribution < 1.29 is 13.6 Å². The van der Waals surface area contributed by atoms with E-state index < -0.39 is 6.17 Å². The monoisotopic (exact) mass is 328 g/mol. The summed E-state index contributed by atoms with van der Waals surface area (Å²) in [6, 6.07) is 3.26. The van der Waals surface area contributed by atoms with Crippen molar-refractivity contribution in [2.24, 2.45) is 0 Å². The first-order chi connectivity index (χ1) is 11.5. The van der Waals surface area contributed by atoms with Crippen molar-refractivity contribution in [1.82, 2.24) is 4.98 Å². The number of aryl methyl sites for hydroxylation is 1. The number of pyridine rings is 1. The number of nitrogens with zero attached hydrogens (tertiary/aromatic N) is 2. The molecular weight excluding hydrogens is 310 g/mol. The fourth-order valence-corrected chi connectivity index (χ4v) is 3.75. The lowest BCUT2D eigenvalue weighted by atomic mass is 9.86. The highest BCUT2D eigenvalue weighted by Gasteiger charge is 2.26. The molecule has 0 saturated carbocycles. The van der Waals surface area contributed by atoms with Crippen molar-refractivity contribution in [3.05, 3.63) is 47.0 Å². The summed E-state index contributed by atoms with van der Waals surface area (Å²) in [4.78, 5) is 17.5. The summed E-state index contributed by atoms with van der Waals surface area (Å²) >= 11 is 0. The van der Waals surface area contributed by atoms with Gasteiger partial charge >= 0.3 is 0 Å². The Hall–Kier alpha value is -2.30. The Bertz CT molecular complexity index is 834. The quantitative estimate of drug-likeness (QED) is 0.801. The predicted octanol–water partition coefficient (Wildman–Crippen LogP) is 3.62. The molecule has 2 aliphatic rings. The Kier molecular flexibility index (Phi) is 3.59. The van der Waals surface area contributed by atoms with E-state index in [1.54, 1.807) is 19.4 Å². The second-order valence-electron chi connectivity index (χ2n) is 6.58. The molecule has 1 atom stereocenters. The molecule has 0 bridgehead atoms. The molecule has 5 heteroatoms. The maximum absolute atomic E-state index is 14.8. The summed E-state index contributed by atoms with van der Waals surface area (Å²) in [7, 11) is 1.67. The van der Waals surface area contributed by atoms with E-state index in [1.807, 2.05) is 6.07 Å². The molecular formula is C19H18F2N2O. The maximum Gasteiger partial charge on any atom is 0.227 e. The van der Waals surface area contributed by atoms with Crippen LogP contribution < -0.4 is 4.90 Å². The standard InChI is InChI=1S/C19H18F2N2O/c1-23-18-8-17(21)15(7-11(18)2-5-19(23)24)16-10-22-9-12-6-13(20)3-4-14(12)16/h7-10,13H,2-6H2,1H3/t13-/m1/s1. The van der Waals surface area contributed by atoms with E-state index in [0.717, 1.165) is 22.3 Å². The van der Waals surface area contributed by atoms with Crippen molar-refractivity contribution in [3.8, 4) is 11.1 Å². The molecule has 24 heavy (non-hydrogen) atoms. The van der Waals surface area contributed by atoms with Gasteiger partial charge in [-0.2, -0.15) is 0 Å². The van der Waals surface area contributed by atoms with Crippen LogP contribution in [0.25, 0.3) is 11.1 Å². The second kappa shape index (κ2) is 5.65. The first-order valence-corrected chi connectivity index (χ1v) is 8.23. The van der Waals surface area contributed by atoms with Gasteiger partial charge < -0.3 is 4.90 Å². The van der Waals surface area contributed by atoms with Gasteiger partial charge in [-0.1, -0.05) is 0 Å². The maximum atomic E-state index is 14.8. The number of rotatable bonds is 1. The lowest BCUT2D eigenvalue weighted by molar-refractivity contribution is -0.118. The Morgan fingerprint density at radius 1 is 1.12 bits per heavy atom. The number of halogens is 2. The lowest BCUT2D eigenvalue weighted by Gasteiger charge is -2.27. The number of alkyl halides is 1. The SMILES string of the molecule is CN1C(=O)CCc2cc(-c3cncc4c3CC[C@@H](F)C4)c(F)cc21. The minimum absolute atomic E-state index is 0.00222. The number of carbonyl (C=O) groups excluding carboxylic acids is 1. The van der Waals surface area contributed by atoms with E-state index in [2.05, 4.69) is 4.98 Å². The van der Waals surface area contributed by atoms with Crippen molar-refractivity contribution in [2.75, 3.05) is 11.9 Å². The van der Waals surface area contributed by atoms with Gasteiger partial charge in [0.2, 0.25) is 5.91 Å². The van der Waals surface area contributed by atoms with Crippen LogP contribution in [-0.2, 0) is 24.1 Å². The molecule has 3 nitrogen and oxygen atoms in total. The zero-order valence-electron chi connectivity index (χ0n) is 13.5. The van der Waals surface area contributed by atoms with Crippen LogP contribution >= 0.6 is 0 Å². The average Bonchev–Trinajstić information content (AvgIpc) is 2.57. The van der Waals surface area contributed by atoms with Gasteiger partial charge in [-0.25, -0.2) is 8.78 Å². The number of fused-ring (bicyclic) bond motifs is 2. The van der Waals surface area contributed by atoms with Crippen LogP contribution in [0.2, 0.25) is 0 Å². The highest BCUT2D eigenvalue weighted by Crippen LogP contribution is 2.37. The first kappa shape index (κ1) is 15.2. The van der Waals surface area contributed by atoms with Crippen LogP contribution in [0.15, 0.2) is 24.5 Å². The number of anilines is 1. The zero-order chi connectivity index (χ0) is 16.8. The minimum Gasteiger partial charge on any atom is -0.315 e. The fraction of sp³-hybridized carbons (Fsp3) is 0.368. The molecule has 1 aromatic heterocycles. The Labute approximate surface area is 139 Å². The third-order valence-corrected chi connectivity index (χ3v) is 5.10. The van der Waals surface area contributed by atoms with Crippen molar-refractivity contribution in [2.45, 2.75) is 38.3 Å². The molecule has 2 aromatic rings. The van der Waals surface area contributed by atoms with Crippen LogP contribution in [0.3, 0.4) is 0 Å². The Morgan fingerprint density at radius 3 is 2.79 bits per heavy atom. The van der Waals surface area contributed by atoms with Crippen LogP contribution in [0.5, 0.6) is 0 Å². The van der Waals surface area contributed by atoms with Gasteiger partial charge in [0, 0.05) is 49.1 Å². The van der Waals surface area contributed by atoms with Gasteiger partial charge in [0.15, 0.2) is 0 Å². The molecule has 0 saturated heterocycles. The van der Waals surface area contributed by atoms with Crippen LogP contribution in [0.4, 0.5) is 14.5 Å². The molecule has 0 spiro atoms. The third kappa shape index (κ3) is 2.39. The van der Waals surface area contributed by atoms with Gasteiger partial charge in [-0.05, 0) is 48.1 Å². The number of hydrogen-bond acceptors (Lipinski definition) is 2. The van der Waals surface area contributed by atoms with Gasteiger partial charge in [-0.3, -0.25) is 9.78 Å². The Balaban J connectivity index is 1.84. The number of amides is 1. The summed E-state index contributed by atoms with van der Waals surface area (Å²) in [6.07, 6.45) is 4.97. The molecule has 0 fully saturated rings. The van der Waals surface area contributed by atoms with Gasteiger partial charge in [0.1, 0.15) is 12.0 Å². The normalized spacial score (nSPS) is 19.9. The second-order valence-corrected chi connectivity index (χ2v) is 6.58. The lowest BCUT2D eigenvalue weighted by Crippen LogP contribution is -2.31. The highest BCUT2D eigenvalue weighted by molar-refractivity contribution is 5.96. The largest absolute Gasteiger partial charge is 0.315 e. The first-order valence-electron chi connectivity index (χ1n) is 8.23. The third-order valence-electron chi connectivity index (χ3n) is 5.10. The topological polar surface area (TPSA) is 33.2 Å². The van der Waals surface area contributed by atoms with E-state index >= 15 is 0 Å². The molecule has 1 aliphatic heterocycles.